The van der Waals surface area contributed by atoms with Crippen molar-refractivity contribution in [2.45, 2.75) is 44.3 Å². The first-order chi connectivity index (χ1) is 16.2. The van der Waals surface area contributed by atoms with Gasteiger partial charge in [-0.05, 0) is 47.7 Å². The van der Waals surface area contributed by atoms with E-state index in [2.05, 4.69) is 10.2 Å². The molecule has 3 aromatic rings. The lowest BCUT2D eigenvalue weighted by molar-refractivity contribution is -0.138. The molecule has 0 aliphatic carbocycles. The zero-order valence-corrected chi connectivity index (χ0v) is 18.8. The molecule has 178 valence electrons. The van der Waals surface area contributed by atoms with E-state index in [1.54, 1.807) is 12.4 Å². The van der Waals surface area contributed by atoms with Gasteiger partial charge in [0.25, 0.3) is 5.91 Å². The van der Waals surface area contributed by atoms with Crippen molar-refractivity contribution in [2.24, 2.45) is 7.05 Å². The van der Waals surface area contributed by atoms with E-state index in [0.717, 1.165) is 29.6 Å². The normalized spacial score (nSPS) is 19.0. The van der Waals surface area contributed by atoms with Crippen LogP contribution < -0.4 is 4.90 Å². The highest BCUT2D eigenvalue weighted by atomic mass is 19.4. The number of pyridine rings is 1. The number of carbonyl (C=O) groups is 1. The van der Waals surface area contributed by atoms with Gasteiger partial charge in [0.05, 0.1) is 18.7 Å². The molecule has 7 nitrogen and oxygen atoms in total. The molecule has 1 unspecified atom stereocenters. The van der Waals surface area contributed by atoms with Crippen molar-refractivity contribution < 1.29 is 22.7 Å². The lowest BCUT2D eigenvalue weighted by atomic mass is 9.94. The van der Waals surface area contributed by atoms with Gasteiger partial charge in [0.2, 0.25) is 0 Å². The Hall–Kier alpha value is -3.27. The summed E-state index contributed by atoms with van der Waals surface area (Å²) in [5.74, 6) is 0.804. The van der Waals surface area contributed by atoms with Crippen molar-refractivity contribution in [1.29, 1.82) is 0 Å². The number of alkyl halides is 3. The Bertz CT molecular complexity index is 1230. The summed E-state index contributed by atoms with van der Waals surface area (Å²) < 4.78 is 48.1. The SMILES string of the molecule is C[C@H](Cc1nncn1C)c1cc(C2CCOC2)nc(N2Cc3c(cccc3C(F)(F)F)C2=O)c1. The highest BCUT2D eigenvalue weighted by molar-refractivity contribution is 6.09. The molecule has 0 N–H and O–H groups in total. The average molecular weight is 471 g/mol. The Morgan fingerprint density at radius 3 is 2.76 bits per heavy atom. The second kappa shape index (κ2) is 8.50. The molecule has 4 heterocycles. The minimum absolute atomic E-state index is 0.00918. The van der Waals surface area contributed by atoms with Crippen LogP contribution in [0.2, 0.25) is 0 Å². The smallest absolute Gasteiger partial charge is 0.381 e. The van der Waals surface area contributed by atoms with Gasteiger partial charge in [-0.1, -0.05) is 13.0 Å². The highest BCUT2D eigenvalue weighted by Crippen LogP contribution is 2.39. The Labute approximate surface area is 194 Å². The molecule has 34 heavy (non-hydrogen) atoms. The summed E-state index contributed by atoms with van der Waals surface area (Å²) in [6, 6.07) is 7.55. The largest absolute Gasteiger partial charge is 0.416 e. The average Bonchev–Trinajstić information content (AvgIpc) is 3.54. The number of hydrogen-bond donors (Lipinski definition) is 0. The Morgan fingerprint density at radius 1 is 1.26 bits per heavy atom. The summed E-state index contributed by atoms with van der Waals surface area (Å²) in [7, 11) is 1.87. The molecule has 2 atom stereocenters. The molecule has 0 bridgehead atoms. The van der Waals surface area contributed by atoms with Crippen molar-refractivity contribution >= 4 is 11.7 Å². The van der Waals surface area contributed by atoms with Crippen LogP contribution in [-0.2, 0) is 30.9 Å². The minimum Gasteiger partial charge on any atom is -0.381 e. The monoisotopic (exact) mass is 471 g/mol. The van der Waals surface area contributed by atoms with E-state index in [1.165, 1.54) is 17.0 Å². The number of ether oxygens (including phenoxy) is 1. The first kappa shape index (κ1) is 22.5. The summed E-state index contributed by atoms with van der Waals surface area (Å²) in [5, 5.41) is 8.09. The van der Waals surface area contributed by atoms with Gasteiger partial charge in [-0.2, -0.15) is 13.2 Å². The zero-order chi connectivity index (χ0) is 24.0. The van der Waals surface area contributed by atoms with Gasteiger partial charge in [0.15, 0.2) is 0 Å². The molecule has 2 aliphatic rings. The Balaban J connectivity index is 1.53. The molecular weight excluding hydrogens is 447 g/mol. The fourth-order valence-corrected chi connectivity index (χ4v) is 4.63. The third-order valence-electron chi connectivity index (χ3n) is 6.61. The molecule has 1 fully saturated rings. The van der Waals surface area contributed by atoms with Crippen LogP contribution in [0, 0.1) is 0 Å². The summed E-state index contributed by atoms with van der Waals surface area (Å²) in [6.07, 6.45) is -1.47. The van der Waals surface area contributed by atoms with Crippen LogP contribution in [0.1, 0.15) is 63.7 Å². The molecule has 5 rings (SSSR count). The number of halogens is 3. The van der Waals surface area contributed by atoms with Crippen molar-refractivity contribution in [3.63, 3.8) is 0 Å². The molecule has 10 heteroatoms. The molecule has 1 saturated heterocycles. The van der Waals surface area contributed by atoms with Gasteiger partial charge in [-0.25, -0.2) is 4.98 Å². The molecule has 2 aliphatic heterocycles. The quantitative estimate of drug-likeness (QED) is 0.557. The van der Waals surface area contributed by atoms with E-state index in [1.807, 2.05) is 24.6 Å². The number of nitrogens with zero attached hydrogens (tertiary/aromatic N) is 5. The van der Waals surface area contributed by atoms with Crippen LogP contribution in [0.25, 0.3) is 0 Å². The number of rotatable bonds is 5. The number of anilines is 1. The fourth-order valence-electron chi connectivity index (χ4n) is 4.63. The van der Waals surface area contributed by atoms with Crippen LogP contribution in [0.4, 0.5) is 19.0 Å². The van der Waals surface area contributed by atoms with Gasteiger partial charge in [-0.15, -0.1) is 10.2 Å². The summed E-state index contributed by atoms with van der Waals surface area (Å²) >= 11 is 0. The Kier molecular flexibility index (Phi) is 5.63. The van der Waals surface area contributed by atoms with E-state index >= 15 is 0 Å². The first-order valence-corrected chi connectivity index (χ1v) is 11.2. The topological polar surface area (TPSA) is 73.1 Å². The van der Waals surface area contributed by atoms with E-state index in [-0.39, 0.29) is 29.5 Å². The number of hydrogen-bond acceptors (Lipinski definition) is 5. The number of aryl methyl sites for hydroxylation is 1. The number of aromatic nitrogens is 4. The number of benzene rings is 1. The van der Waals surface area contributed by atoms with E-state index in [4.69, 9.17) is 9.72 Å². The highest BCUT2D eigenvalue weighted by Gasteiger charge is 2.40. The maximum Gasteiger partial charge on any atom is 0.416 e. The molecular formula is C24H24F3N5O2. The number of amides is 1. The van der Waals surface area contributed by atoms with E-state index in [0.29, 0.717) is 25.5 Å². The molecule has 0 radical (unpaired) electrons. The van der Waals surface area contributed by atoms with E-state index in [9.17, 15) is 18.0 Å². The maximum absolute atomic E-state index is 13.6. The van der Waals surface area contributed by atoms with Gasteiger partial charge in [0.1, 0.15) is 18.0 Å². The standard InChI is InChI=1S/C24H24F3N5O2/c1-14(8-22-30-28-13-31(22)2)16-9-20(15-6-7-34-12-15)29-21(10-16)32-11-18-17(23(32)33)4-3-5-19(18)24(25,26)27/h3-5,9-10,13-15H,6-8,11-12H2,1-2H3/t14-,15?/m1/s1. The second-order valence-electron chi connectivity index (χ2n) is 8.93. The molecule has 0 spiro atoms. The van der Waals surface area contributed by atoms with Crippen molar-refractivity contribution in [2.75, 3.05) is 18.1 Å². The predicted molar refractivity (Wildman–Crippen MR) is 117 cm³/mol. The minimum atomic E-state index is -4.53. The fraction of sp³-hybridized carbons (Fsp3) is 0.417. The summed E-state index contributed by atoms with van der Waals surface area (Å²) in [4.78, 5) is 19.2. The summed E-state index contributed by atoms with van der Waals surface area (Å²) in [5.41, 5.74) is 1.01. The lowest BCUT2D eigenvalue weighted by Crippen LogP contribution is -2.25. The Morgan fingerprint density at radius 2 is 2.09 bits per heavy atom. The molecule has 0 saturated carbocycles. The van der Waals surface area contributed by atoms with Crippen LogP contribution in [0.15, 0.2) is 36.7 Å². The maximum atomic E-state index is 13.6. The van der Waals surface area contributed by atoms with Crippen molar-refractivity contribution in [3.8, 4) is 0 Å². The number of fused-ring (bicyclic) bond motifs is 1. The van der Waals surface area contributed by atoms with Gasteiger partial charge >= 0.3 is 6.18 Å². The first-order valence-electron chi connectivity index (χ1n) is 11.2. The third kappa shape index (κ3) is 4.06. The van der Waals surface area contributed by atoms with Crippen LogP contribution >= 0.6 is 0 Å². The molecule has 2 aromatic heterocycles. The van der Waals surface area contributed by atoms with Gasteiger partial charge < -0.3 is 9.30 Å². The van der Waals surface area contributed by atoms with Crippen LogP contribution in [0.5, 0.6) is 0 Å². The van der Waals surface area contributed by atoms with Crippen molar-refractivity contribution in [3.05, 3.63) is 70.4 Å². The van der Waals surface area contributed by atoms with E-state index < -0.39 is 17.6 Å². The summed E-state index contributed by atoms with van der Waals surface area (Å²) in [6.45, 7) is 3.03. The lowest BCUT2D eigenvalue weighted by Gasteiger charge is -2.21. The third-order valence-corrected chi connectivity index (χ3v) is 6.61. The van der Waals surface area contributed by atoms with Gasteiger partial charge in [0, 0.05) is 37.3 Å². The predicted octanol–water partition coefficient (Wildman–Crippen LogP) is 4.24. The van der Waals surface area contributed by atoms with Crippen LogP contribution in [0.3, 0.4) is 0 Å². The molecule has 1 amide bonds. The molecule has 1 aromatic carbocycles. The zero-order valence-electron chi connectivity index (χ0n) is 18.8. The second-order valence-corrected chi connectivity index (χ2v) is 8.93. The van der Waals surface area contributed by atoms with Crippen molar-refractivity contribution in [1.82, 2.24) is 19.7 Å². The van der Waals surface area contributed by atoms with Crippen LogP contribution in [-0.4, -0.2) is 38.9 Å². The number of carbonyl (C=O) groups excluding carboxylic acids is 1. The van der Waals surface area contributed by atoms with Gasteiger partial charge in [-0.3, -0.25) is 9.69 Å².